The quantitative estimate of drug-likeness (QED) is 0.645. The molecule has 0 aromatic heterocycles. The SMILES string of the molecule is CCCCOc1cccc([C]=O)c1. The Morgan fingerprint density at radius 2 is 2.31 bits per heavy atom. The summed E-state index contributed by atoms with van der Waals surface area (Å²) in [5.74, 6) is 0.745. The van der Waals surface area contributed by atoms with Gasteiger partial charge in [-0.15, -0.1) is 0 Å². The molecule has 0 amide bonds. The summed E-state index contributed by atoms with van der Waals surface area (Å²) >= 11 is 0. The van der Waals surface area contributed by atoms with Gasteiger partial charge in [0.05, 0.1) is 6.61 Å². The highest BCUT2D eigenvalue weighted by Gasteiger charge is 1.95. The second-order valence-electron chi connectivity index (χ2n) is 2.83. The van der Waals surface area contributed by atoms with Crippen LogP contribution in [0.1, 0.15) is 25.3 Å². The smallest absolute Gasteiger partial charge is 0.233 e. The Kier molecular flexibility index (Phi) is 4.03. The standard InChI is InChI=1S/C11H13O2/c1-2-3-7-13-11-6-4-5-10(8-11)9-12/h4-6,8H,2-3,7H2,1H3. The summed E-state index contributed by atoms with van der Waals surface area (Å²) in [5.41, 5.74) is 0.536. The van der Waals surface area contributed by atoms with Crippen molar-refractivity contribution in [2.75, 3.05) is 6.61 Å². The van der Waals surface area contributed by atoms with E-state index in [1.165, 1.54) is 0 Å². The van der Waals surface area contributed by atoms with Gasteiger partial charge in [0, 0.05) is 5.56 Å². The van der Waals surface area contributed by atoms with Crippen LogP contribution in [0.2, 0.25) is 0 Å². The zero-order valence-corrected chi connectivity index (χ0v) is 7.75. The van der Waals surface area contributed by atoms with Crippen molar-refractivity contribution < 1.29 is 9.53 Å². The molecule has 0 aliphatic heterocycles. The summed E-state index contributed by atoms with van der Waals surface area (Å²) in [4.78, 5) is 10.3. The molecule has 0 saturated heterocycles. The molecule has 0 fully saturated rings. The maximum atomic E-state index is 10.3. The molecule has 1 aromatic rings. The van der Waals surface area contributed by atoms with Gasteiger partial charge >= 0.3 is 0 Å². The zero-order chi connectivity index (χ0) is 9.52. The minimum atomic E-state index is 0.536. The Bertz CT molecular complexity index is 269. The van der Waals surface area contributed by atoms with Gasteiger partial charge in [0.2, 0.25) is 6.29 Å². The normalized spacial score (nSPS) is 9.62. The van der Waals surface area contributed by atoms with Gasteiger partial charge in [-0.1, -0.05) is 25.5 Å². The number of unbranched alkanes of at least 4 members (excludes halogenated alkanes) is 1. The first-order valence-electron chi connectivity index (χ1n) is 4.48. The summed E-state index contributed by atoms with van der Waals surface area (Å²) in [7, 11) is 0. The third-order valence-corrected chi connectivity index (χ3v) is 1.72. The molecule has 0 unspecified atom stereocenters. The fourth-order valence-corrected chi connectivity index (χ4v) is 0.984. The van der Waals surface area contributed by atoms with Crippen LogP contribution >= 0.6 is 0 Å². The lowest BCUT2D eigenvalue weighted by Crippen LogP contribution is -1.96. The maximum absolute atomic E-state index is 10.3. The van der Waals surface area contributed by atoms with Gasteiger partial charge in [-0.25, -0.2) is 0 Å². The molecule has 0 heterocycles. The topological polar surface area (TPSA) is 26.3 Å². The maximum Gasteiger partial charge on any atom is 0.233 e. The van der Waals surface area contributed by atoms with Gasteiger partial charge in [0.25, 0.3) is 0 Å². The monoisotopic (exact) mass is 177 g/mol. The van der Waals surface area contributed by atoms with Gasteiger partial charge in [-0.3, -0.25) is 4.79 Å². The van der Waals surface area contributed by atoms with Crippen LogP contribution in [-0.4, -0.2) is 12.9 Å². The van der Waals surface area contributed by atoms with E-state index in [0.717, 1.165) is 18.6 Å². The fourth-order valence-electron chi connectivity index (χ4n) is 0.984. The lowest BCUT2D eigenvalue weighted by molar-refractivity contribution is 0.309. The molecule has 2 heteroatoms. The van der Waals surface area contributed by atoms with Crippen LogP contribution in [-0.2, 0) is 4.79 Å². The predicted octanol–water partition coefficient (Wildman–Crippen LogP) is 2.32. The van der Waals surface area contributed by atoms with Crippen molar-refractivity contribution >= 4 is 6.29 Å². The summed E-state index contributed by atoms with van der Waals surface area (Å²) in [6, 6.07) is 7.04. The number of hydrogen-bond donors (Lipinski definition) is 0. The summed E-state index contributed by atoms with van der Waals surface area (Å²) in [5, 5.41) is 0. The van der Waals surface area contributed by atoms with E-state index < -0.39 is 0 Å². The molecule has 0 N–H and O–H groups in total. The van der Waals surface area contributed by atoms with Crippen LogP contribution in [0.3, 0.4) is 0 Å². The average molecular weight is 177 g/mol. The molecule has 0 aliphatic carbocycles. The highest BCUT2D eigenvalue weighted by molar-refractivity contribution is 5.75. The molecule has 0 aliphatic rings. The van der Waals surface area contributed by atoms with E-state index in [1.807, 2.05) is 12.4 Å². The summed E-state index contributed by atoms with van der Waals surface area (Å²) in [6.07, 6.45) is 3.98. The minimum absolute atomic E-state index is 0.536. The molecule has 0 saturated carbocycles. The number of carbonyl (C=O) groups excluding carboxylic acids is 1. The first kappa shape index (κ1) is 9.78. The van der Waals surface area contributed by atoms with Crippen LogP contribution in [0.4, 0.5) is 0 Å². The van der Waals surface area contributed by atoms with Gasteiger partial charge in [-0.2, -0.15) is 0 Å². The molecule has 1 aromatic carbocycles. The van der Waals surface area contributed by atoms with E-state index in [2.05, 4.69) is 6.92 Å². The second-order valence-corrected chi connectivity index (χ2v) is 2.83. The van der Waals surface area contributed by atoms with Crippen molar-refractivity contribution in [1.29, 1.82) is 0 Å². The van der Waals surface area contributed by atoms with Gasteiger partial charge in [0.1, 0.15) is 5.75 Å². The van der Waals surface area contributed by atoms with Crippen molar-refractivity contribution in [3.63, 3.8) is 0 Å². The van der Waals surface area contributed by atoms with Crippen molar-refractivity contribution in [2.24, 2.45) is 0 Å². The Morgan fingerprint density at radius 3 is 3.00 bits per heavy atom. The highest BCUT2D eigenvalue weighted by atomic mass is 16.5. The van der Waals surface area contributed by atoms with Gasteiger partial charge in [-0.05, 0) is 18.6 Å². The van der Waals surface area contributed by atoms with Crippen molar-refractivity contribution in [2.45, 2.75) is 19.8 Å². The lowest BCUT2D eigenvalue weighted by atomic mass is 10.2. The zero-order valence-electron chi connectivity index (χ0n) is 7.75. The third-order valence-electron chi connectivity index (χ3n) is 1.72. The van der Waals surface area contributed by atoms with Gasteiger partial charge < -0.3 is 4.74 Å². The minimum Gasteiger partial charge on any atom is -0.494 e. The third kappa shape index (κ3) is 3.28. The molecule has 0 atom stereocenters. The van der Waals surface area contributed by atoms with Crippen molar-refractivity contribution in [3.8, 4) is 5.75 Å². The van der Waals surface area contributed by atoms with Crippen LogP contribution in [0.15, 0.2) is 24.3 Å². The molecular formula is C11H13O2. The molecule has 1 radical (unpaired) electrons. The number of hydrogen-bond acceptors (Lipinski definition) is 2. The van der Waals surface area contributed by atoms with Crippen LogP contribution < -0.4 is 4.74 Å². The van der Waals surface area contributed by atoms with Crippen LogP contribution in [0, 0.1) is 0 Å². The van der Waals surface area contributed by atoms with E-state index in [9.17, 15) is 4.79 Å². The molecule has 69 valence electrons. The van der Waals surface area contributed by atoms with Gasteiger partial charge in [0.15, 0.2) is 0 Å². The Hall–Kier alpha value is -1.31. The van der Waals surface area contributed by atoms with E-state index in [0.29, 0.717) is 12.2 Å². The first-order valence-corrected chi connectivity index (χ1v) is 4.48. The Balaban J connectivity index is 2.51. The average Bonchev–Trinajstić information content (AvgIpc) is 2.19. The first-order chi connectivity index (χ1) is 6.36. The highest BCUT2D eigenvalue weighted by Crippen LogP contribution is 2.12. The van der Waals surface area contributed by atoms with E-state index >= 15 is 0 Å². The summed E-state index contributed by atoms with van der Waals surface area (Å²) < 4.78 is 5.41. The Morgan fingerprint density at radius 1 is 1.46 bits per heavy atom. The molecule has 13 heavy (non-hydrogen) atoms. The number of benzene rings is 1. The predicted molar refractivity (Wildman–Crippen MR) is 51.6 cm³/mol. The van der Waals surface area contributed by atoms with E-state index in [4.69, 9.17) is 4.74 Å². The van der Waals surface area contributed by atoms with Crippen molar-refractivity contribution in [3.05, 3.63) is 29.8 Å². The molecule has 2 nitrogen and oxygen atoms in total. The molecular weight excluding hydrogens is 164 g/mol. The molecule has 1 rings (SSSR count). The Labute approximate surface area is 78.5 Å². The lowest BCUT2D eigenvalue weighted by Gasteiger charge is -2.04. The molecule has 0 spiro atoms. The number of ether oxygens (including phenoxy) is 1. The summed E-state index contributed by atoms with van der Waals surface area (Å²) in [6.45, 7) is 2.82. The van der Waals surface area contributed by atoms with E-state index in [-0.39, 0.29) is 0 Å². The molecule has 0 bridgehead atoms. The largest absolute Gasteiger partial charge is 0.494 e. The second kappa shape index (κ2) is 5.36. The van der Waals surface area contributed by atoms with E-state index in [1.54, 1.807) is 18.2 Å². The van der Waals surface area contributed by atoms with Crippen LogP contribution in [0.25, 0.3) is 0 Å². The fraction of sp³-hybridized carbons (Fsp3) is 0.364. The van der Waals surface area contributed by atoms with Crippen LogP contribution in [0.5, 0.6) is 5.75 Å². The number of rotatable bonds is 5. The van der Waals surface area contributed by atoms with Crippen molar-refractivity contribution in [1.82, 2.24) is 0 Å².